The Morgan fingerprint density at radius 3 is 1.63 bits per heavy atom. The van der Waals surface area contributed by atoms with E-state index in [1.807, 2.05) is 23.5 Å². The first kappa shape index (κ1) is 29.5. The second-order valence-corrected chi connectivity index (χ2v) is 14.0. The maximum absolute atomic E-state index is 6.35. The van der Waals surface area contributed by atoms with Crippen molar-refractivity contribution in [3.8, 4) is 33.4 Å². The second-order valence-electron chi connectivity index (χ2n) is 12.9. The zero-order valence-electron chi connectivity index (χ0n) is 27.7. The largest absolute Gasteiger partial charge is 0.456 e. The topological polar surface area (TPSA) is 16.4 Å². The number of rotatable bonds is 6. The first-order chi connectivity index (χ1) is 25.3. The molecule has 8 aromatic carbocycles. The maximum atomic E-state index is 6.35. The molecular weight excluding hydrogens is 639 g/mol. The van der Waals surface area contributed by atoms with Gasteiger partial charge in [-0.2, -0.15) is 0 Å². The summed E-state index contributed by atoms with van der Waals surface area (Å²) in [4.78, 5) is 2.35. The number of fused-ring (bicyclic) bond motifs is 6. The molecule has 0 fully saturated rings. The van der Waals surface area contributed by atoms with Crippen molar-refractivity contribution in [3.05, 3.63) is 188 Å². The van der Waals surface area contributed by atoms with Gasteiger partial charge in [0.05, 0.1) is 11.1 Å². The fourth-order valence-corrected chi connectivity index (χ4v) is 8.54. The minimum Gasteiger partial charge on any atom is -0.456 e. The quantitative estimate of drug-likeness (QED) is 0.175. The van der Waals surface area contributed by atoms with Crippen LogP contribution in [-0.4, -0.2) is 0 Å². The molecule has 0 saturated carbocycles. The van der Waals surface area contributed by atoms with Crippen LogP contribution < -0.4 is 4.90 Å². The number of anilines is 3. The lowest BCUT2D eigenvalue weighted by Gasteiger charge is -2.26. The van der Waals surface area contributed by atoms with Gasteiger partial charge in [-0.25, -0.2) is 0 Å². The van der Waals surface area contributed by atoms with Crippen LogP contribution in [0.1, 0.15) is 0 Å². The van der Waals surface area contributed by atoms with Gasteiger partial charge >= 0.3 is 0 Å². The third kappa shape index (κ3) is 5.18. The maximum Gasteiger partial charge on any atom is 0.137 e. The third-order valence-corrected chi connectivity index (χ3v) is 11.0. The van der Waals surface area contributed by atoms with Crippen molar-refractivity contribution in [1.82, 2.24) is 0 Å². The molecule has 2 heterocycles. The molecule has 0 N–H and O–H groups in total. The standard InChI is InChI=1S/C48H31NOS/c1-2-10-32(11-3-1)35-12-8-13-36(30-35)33-20-25-38(26-21-33)49(43-16-9-18-45-48(43)42-15-4-6-17-44(42)50-45)39-27-22-34(23-28-39)37-24-29-41-40-14-5-7-19-46(40)51-47(41)31-37/h1-31H. The first-order valence-corrected chi connectivity index (χ1v) is 18.1. The van der Waals surface area contributed by atoms with Gasteiger partial charge < -0.3 is 9.32 Å². The lowest BCUT2D eigenvalue weighted by molar-refractivity contribution is 0.669. The molecule has 10 aromatic rings. The fraction of sp³-hybridized carbons (Fsp3) is 0. The van der Waals surface area contributed by atoms with E-state index in [1.54, 1.807) is 0 Å². The molecule has 0 unspecified atom stereocenters. The van der Waals surface area contributed by atoms with E-state index in [2.05, 4.69) is 181 Å². The number of nitrogens with zero attached hydrogens (tertiary/aromatic N) is 1. The Labute approximate surface area is 300 Å². The van der Waals surface area contributed by atoms with Crippen molar-refractivity contribution in [2.45, 2.75) is 0 Å². The molecule has 10 rings (SSSR count). The highest BCUT2D eigenvalue weighted by molar-refractivity contribution is 7.25. The Morgan fingerprint density at radius 2 is 0.882 bits per heavy atom. The van der Waals surface area contributed by atoms with Crippen LogP contribution >= 0.6 is 11.3 Å². The molecule has 2 aromatic heterocycles. The van der Waals surface area contributed by atoms with Gasteiger partial charge in [0.15, 0.2) is 0 Å². The molecule has 0 spiro atoms. The zero-order chi connectivity index (χ0) is 33.7. The van der Waals surface area contributed by atoms with Crippen LogP contribution in [0.2, 0.25) is 0 Å². The van der Waals surface area contributed by atoms with Crippen molar-refractivity contribution < 1.29 is 4.42 Å². The SMILES string of the molecule is c1ccc(-c2cccc(-c3ccc(N(c4ccc(-c5ccc6c(c5)sc5ccccc56)cc4)c4cccc5oc6ccccc6c45)cc3)c2)cc1. The first-order valence-electron chi connectivity index (χ1n) is 17.2. The monoisotopic (exact) mass is 669 g/mol. The Hall–Kier alpha value is -6.42. The van der Waals surface area contributed by atoms with Gasteiger partial charge in [-0.3, -0.25) is 0 Å². The van der Waals surface area contributed by atoms with Gasteiger partial charge in [0, 0.05) is 36.9 Å². The summed E-state index contributed by atoms with van der Waals surface area (Å²) in [6, 6.07) is 67.4. The Kier molecular flexibility index (Phi) is 7.04. The molecule has 0 radical (unpaired) electrons. The minimum absolute atomic E-state index is 0.876. The van der Waals surface area contributed by atoms with Gasteiger partial charge in [0.25, 0.3) is 0 Å². The highest BCUT2D eigenvalue weighted by Gasteiger charge is 2.19. The fourth-order valence-electron chi connectivity index (χ4n) is 7.39. The van der Waals surface area contributed by atoms with Crippen LogP contribution in [0.5, 0.6) is 0 Å². The van der Waals surface area contributed by atoms with E-state index >= 15 is 0 Å². The predicted octanol–water partition coefficient (Wildman–Crippen LogP) is 14.4. The smallest absolute Gasteiger partial charge is 0.137 e. The number of furan rings is 1. The average Bonchev–Trinajstić information content (AvgIpc) is 3.77. The summed E-state index contributed by atoms with van der Waals surface area (Å²) in [5.74, 6) is 0. The number of benzene rings is 8. The van der Waals surface area contributed by atoms with Crippen LogP contribution in [0.25, 0.3) is 75.5 Å². The third-order valence-electron chi connectivity index (χ3n) is 9.89. The zero-order valence-corrected chi connectivity index (χ0v) is 28.5. The van der Waals surface area contributed by atoms with Gasteiger partial charge in [0.1, 0.15) is 11.2 Å². The molecule has 0 saturated heterocycles. The Morgan fingerprint density at radius 1 is 0.353 bits per heavy atom. The molecule has 2 nitrogen and oxygen atoms in total. The van der Waals surface area contributed by atoms with Crippen LogP contribution in [0, 0.1) is 0 Å². The van der Waals surface area contributed by atoms with Crippen molar-refractivity contribution in [2.75, 3.05) is 4.90 Å². The summed E-state index contributed by atoms with van der Waals surface area (Å²) in [6.45, 7) is 0. The van der Waals surface area contributed by atoms with Crippen molar-refractivity contribution in [1.29, 1.82) is 0 Å². The van der Waals surface area contributed by atoms with Crippen LogP contribution in [0.15, 0.2) is 192 Å². The van der Waals surface area contributed by atoms with E-state index in [4.69, 9.17) is 4.42 Å². The van der Waals surface area contributed by atoms with Crippen LogP contribution in [0.4, 0.5) is 17.1 Å². The molecular formula is C48H31NOS. The molecule has 0 aliphatic rings. The van der Waals surface area contributed by atoms with Crippen LogP contribution in [-0.2, 0) is 0 Å². The number of hydrogen-bond donors (Lipinski definition) is 0. The van der Waals surface area contributed by atoms with E-state index in [1.165, 1.54) is 53.6 Å². The number of para-hydroxylation sites is 1. The molecule has 3 heteroatoms. The molecule has 0 atom stereocenters. The van der Waals surface area contributed by atoms with Gasteiger partial charge in [-0.15, -0.1) is 11.3 Å². The van der Waals surface area contributed by atoms with Crippen molar-refractivity contribution in [3.63, 3.8) is 0 Å². The summed E-state index contributed by atoms with van der Waals surface area (Å²) in [7, 11) is 0. The highest BCUT2D eigenvalue weighted by Crippen LogP contribution is 2.44. The lowest BCUT2D eigenvalue weighted by atomic mass is 9.98. The second kappa shape index (κ2) is 12.2. The summed E-state index contributed by atoms with van der Waals surface area (Å²) in [6.07, 6.45) is 0. The van der Waals surface area contributed by atoms with E-state index in [0.717, 1.165) is 39.0 Å². The summed E-state index contributed by atoms with van der Waals surface area (Å²) in [5.41, 5.74) is 12.2. The predicted molar refractivity (Wildman–Crippen MR) is 218 cm³/mol. The van der Waals surface area contributed by atoms with Gasteiger partial charge in [-0.05, 0) is 94.0 Å². The molecule has 240 valence electrons. The van der Waals surface area contributed by atoms with Gasteiger partial charge in [-0.1, -0.05) is 127 Å². The van der Waals surface area contributed by atoms with E-state index < -0.39 is 0 Å². The van der Waals surface area contributed by atoms with Gasteiger partial charge in [0.2, 0.25) is 0 Å². The minimum atomic E-state index is 0.876. The summed E-state index contributed by atoms with van der Waals surface area (Å²) < 4.78 is 8.99. The summed E-state index contributed by atoms with van der Waals surface area (Å²) in [5, 5.41) is 4.85. The highest BCUT2D eigenvalue weighted by atomic mass is 32.1. The Balaban J connectivity index is 1.07. The van der Waals surface area contributed by atoms with E-state index in [0.29, 0.717) is 0 Å². The van der Waals surface area contributed by atoms with Crippen LogP contribution in [0.3, 0.4) is 0 Å². The molecule has 0 aliphatic carbocycles. The normalized spacial score (nSPS) is 11.5. The van der Waals surface area contributed by atoms with Crippen molar-refractivity contribution in [2.24, 2.45) is 0 Å². The molecule has 51 heavy (non-hydrogen) atoms. The van der Waals surface area contributed by atoms with E-state index in [9.17, 15) is 0 Å². The molecule has 0 amide bonds. The Bertz CT molecular complexity index is 2850. The lowest BCUT2D eigenvalue weighted by Crippen LogP contribution is -2.10. The van der Waals surface area contributed by atoms with E-state index in [-0.39, 0.29) is 0 Å². The van der Waals surface area contributed by atoms with Crippen molar-refractivity contribution >= 4 is 70.5 Å². The average molecular weight is 670 g/mol. The molecule has 0 bridgehead atoms. The number of thiophene rings is 1. The number of hydrogen-bond acceptors (Lipinski definition) is 3. The summed E-state index contributed by atoms with van der Waals surface area (Å²) >= 11 is 1.86. The molecule has 0 aliphatic heterocycles.